The maximum absolute atomic E-state index is 6.11. The van der Waals surface area contributed by atoms with Gasteiger partial charge in [0.25, 0.3) is 0 Å². The van der Waals surface area contributed by atoms with Crippen molar-refractivity contribution in [1.29, 1.82) is 0 Å². The van der Waals surface area contributed by atoms with Gasteiger partial charge in [0.15, 0.2) is 0 Å². The predicted molar refractivity (Wildman–Crippen MR) is 115 cm³/mol. The van der Waals surface area contributed by atoms with E-state index in [1.807, 2.05) is 25.1 Å². The molecule has 0 aliphatic carbocycles. The molecular formula is C18H26Cl3N5. The second kappa shape index (κ2) is 10.2. The number of nitrogens with two attached hydrogens (primary N) is 1. The van der Waals surface area contributed by atoms with Crippen molar-refractivity contribution in [1.82, 2.24) is 9.97 Å². The number of aryl methyl sites for hydroxylation is 2. The van der Waals surface area contributed by atoms with Crippen molar-refractivity contribution >= 4 is 53.9 Å². The van der Waals surface area contributed by atoms with Crippen molar-refractivity contribution < 1.29 is 0 Å². The van der Waals surface area contributed by atoms with Gasteiger partial charge in [0.2, 0.25) is 5.95 Å². The third-order valence-corrected chi connectivity index (χ3v) is 4.50. The third-order valence-electron chi connectivity index (χ3n) is 4.27. The fourth-order valence-electron chi connectivity index (χ4n) is 2.93. The minimum Gasteiger partial charge on any atom is -0.355 e. The molecule has 26 heavy (non-hydrogen) atoms. The molecule has 144 valence electrons. The zero-order valence-corrected chi connectivity index (χ0v) is 17.4. The fraction of sp³-hybridized carbons (Fsp3) is 0.444. The summed E-state index contributed by atoms with van der Waals surface area (Å²) in [6.07, 6.45) is 2.98. The molecule has 0 spiro atoms. The Balaban J connectivity index is 0.00000169. The van der Waals surface area contributed by atoms with E-state index in [4.69, 9.17) is 22.3 Å². The van der Waals surface area contributed by atoms with Crippen LogP contribution in [0.5, 0.6) is 0 Å². The lowest BCUT2D eigenvalue weighted by Gasteiger charge is -2.19. The molecule has 3 rings (SSSR count). The lowest BCUT2D eigenvalue weighted by atomic mass is 10.2. The van der Waals surface area contributed by atoms with E-state index < -0.39 is 0 Å². The predicted octanol–water partition coefficient (Wildman–Crippen LogP) is 4.52. The van der Waals surface area contributed by atoms with Gasteiger partial charge in [-0.15, -0.1) is 24.8 Å². The highest BCUT2D eigenvalue weighted by atomic mass is 35.5. The van der Waals surface area contributed by atoms with Crippen LogP contribution >= 0.6 is 36.4 Å². The largest absolute Gasteiger partial charge is 0.355 e. The highest BCUT2D eigenvalue weighted by molar-refractivity contribution is 6.30. The topological polar surface area (TPSA) is 67.1 Å². The van der Waals surface area contributed by atoms with Crippen LogP contribution in [-0.2, 0) is 6.42 Å². The molecule has 0 bridgehead atoms. The summed E-state index contributed by atoms with van der Waals surface area (Å²) in [5, 5.41) is 4.02. The van der Waals surface area contributed by atoms with Gasteiger partial charge < -0.3 is 16.0 Å². The molecule has 1 atom stereocenters. The third kappa shape index (κ3) is 5.61. The normalized spacial score (nSPS) is 16.0. The van der Waals surface area contributed by atoms with Gasteiger partial charge in [0, 0.05) is 41.6 Å². The highest BCUT2D eigenvalue weighted by Gasteiger charge is 2.21. The first-order chi connectivity index (χ1) is 11.5. The molecule has 1 aromatic heterocycles. The van der Waals surface area contributed by atoms with Crippen LogP contribution in [0.1, 0.15) is 31.0 Å². The van der Waals surface area contributed by atoms with E-state index in [1.54, 1.807) is 0 Å². The highest BCUT2D eigenvalue weighted by Crippen LogP contribution is 2.25. The van der Waals surface area contributed by atoms with Crippen LogP contribution in [0.2, 0.25) is 5.02 Å². The molecule has 1 fully saturated rings. The van der Waals surface area contributed by atoms with Crippen molar-refractivity contribution in [2.45, 2.75) is 39.2 Å². The van der Waals surface area contributed by atoms with Crippen LogP contribution in [0.15, 0.2) is 24.3 Å². The molecule has 1 aliphatic rings. The van der Waals surface area contributed by atoms with E-state index >= 15 is 0 Å². The van der Waals surface area contributed by atoms with Gasteiger partial charge in [0.1, 0.15) is 5.82 Å². The minimum atomic E-state index is 0. The molecular weight excluding hydrogens is 393 g/mol. The first-order valence-electron chi connectivity index (χ1n) is 8.47. The fourth-order valence-corrected chi connectivity index (χ4v) is 3.10. The second-order valence-electron chi connectivity index (χ2n) is 6.37. The first kappa shape index (κ1) is 22.8. The van der Waals surface area contributed by atoms with E-state index in [-0.39, 0.29) is 30.9 Å². The molecule has 3 N–H and O–H groups in total. The molecule has 1 saturated heterocycles. The number of anilines is 3. The summed E-state index contributed by atoms with van der Waals surface area (Å²) < 4.78 is 0. The molecule has 0 radical (unpaired) electrons. The van der Waals surface area contributed by atoms with E-state index in [0.717, 1.165) is 55.1 Å². The number of hydrogen-bond donors (Lipinski definition) is 2. The summed E-state index contributed by atoms with van der Waals surface area (Å²) >= 11 is 6.11. The summed E-state index contributed by atoms with van der Waals surface area (Å²) in [7, 11) is 0. The molecule has 1 aliphatic heterocycles. The number of halogens is 3. The van der Waals surface area contributed by atoms with Crippen molar-refractivity contribution in [3.8, 4) is 0 Å². The zero-order valence-electron chi connectivity index (χ0n) is 15.0. The smallest absolute Gasteiger partial charge is 0.229 e. The average Bonchev–Trinajstić information content (AvgIpc) is 2.98. The lowest BCUT2D eigenvalue weighted by Crippen LogP contribution is -2.27. The van der Waals surface area contributed by atoms with Crippen molar-refractivity contribution in [3.05, 3.63) is 40.5 Å². The SMILES string of the molecule is CCCc1cc(N2CCC(N)C2)nc(Nc2cc(Cl)ccc2C)n1.Cl.Cl. The number of nitrogens with zero attached hydrogens (tertiary/aromatic N) is 3. The zero-order chi connectivity index (χ0) is 17.1. The molecule has 8 heteroatoms. The Morgan fingerprint density at radius 3 is 2.69 bits per heavy atom. The van der Waals surface area contributed by atoms with Crippen LogP contribution in [0.4, 0.5) is 17.5 Å². The van der Waals surface area contributed by atoms with Crippen molar-refractivity contribution in [3.63, 3.8) is 0 Å². The number of rotatable bonds is 5. The van der Waals surface area contributed by atoms with Crippen LogP contribution < -0.4 is 16.0 Å². The molecule has 2 aromatic rings. The summed E-state index contributed by atoms with van der Waals surface area (Å²) in [5.74, 6) is 1.56. The van der Waals surface area contributed by atoms with E-state index in [2.05, 4.69) is 28.2 Å². The van der Waals surface area contributed by atoms with Gasteiger partial charge in [-0.25, -0.2) is 4.98 Å². The summed E-state index contributed by atoms with van der Waals surface area (Å²) in [4.78, 5) is 11.6. The van der Waals surface area contributed by atoms with Gasteiger partial charge >= 0.3 is 0 Å². The van der Waals surface area contributed by atoms with Crippen molar-refractivity contribution in [2.75, 3.05) is 23.3 Å². The van der Waals surface area contributed by atoms with Gasteiger partial charge in [-0.05, 0) is 37.5 Å². The molecule has 2 heterocycles. The molecule has 0 saturated carbocycles. The van der Waals surface area contributed by atoms with Crippen LogP contribution in [0.3, 0.4) is 0 Å². The van der Waals surface area contributed by atoms with Gasteiger partial charge in [-0.2, -0.15) is 4.98 Å². The monoisotopic (exact) mass is 417 g/mol. The standard InChI is InChI=1S/C18H24ClN5.2ClH/c1-3-4-15-10-17(24-8-7-14(20)11-24)23-18(21-15)22-16-9-13(19)6-5-12(16)2;;/h5-6,9-10,14H,3-4,7-8,11,20H2,1-2H3,(H,21,22,23);2*1H. The molecule has 0 amide bonds. The Labute approximate surface area is 172 Å². The number of aromatic nitrogens is 2. The van der Waals surface area contributed by atoms with Gasteiger partial charge in [-0.1, -0.05) is 31.0 Å². The summed E-state index contributed by atoms with van der Waals surface area (Å²) in [6, 6.07) is 8.07. The van der Waals surface area contributed by atoms with Crippen LogP contribution in [0, 0.1) is 6.92 Å². The Hall–Kier alpha value is -1.27. The Kier molecular flexibility index (Phi) is 8.90. The Morgan fingerprint density at radius 1 is 1.27 bits per heavy atom. The van der Waals surface area contributed by atoms with Crippen LogP contribution in [0.25, 0.3) is 0 Å². The second-order valence-corrected chi connectivity index (χ2v) is 6.81. The van der Waals surface area contributed by atoms with E-state index in [0.29, 0.717) is 11.0 Å². The quantitative estimate of drug-likeness (QED) is 0.747. The molecule has 1 unspecified atom stereocenters. The van der Waals surface area contributed by atoms with E-state index in [1.165, 1.54) is 0 Å². The molecule has 5 nitrogen and oxygen atoms in total. The van der Waals surface area contributed by atoms with Gasteiger partial charge in [-0.3, -0.25) is 0 Å². The first-order valence-corrected chi connectivity index (χ1v) is 8.84. The number of nitrogens with one attached hydrogen (secondary N) is 1. The summed E-state index contributed by atoms with van der Waals surface area (Å²) in [5.41, 5.74) is 9.12. The minimum absolute atomic E-state index is 0. The maximum atomic E-state index is 6.11. The number of hydrogen-bond acceptors (Lipinski definition) is 5. The van der Waals surface area contributed by atoms with Gasteiger partial charge in [0.05, 0.1) is 0 Å². The van der Waals surface area contributed by atoms with Crippen LogP contribution in [-0.4, -0.2) is 29.1 Å². The lowest BCUT2D eigenvalue weighted by molar-refractivity contribution is 0.751. The maximum Gasteiger partial charge on any atom is 0.229 e. The Bertz CT molecular complexity index is 726. The number of benzene rings is 1. The average molecular weight is 419 g/mol. The Morgan fingerprint density at radius 2 is 2.04 bits per heavy atom. The van der Waals surface area contributed by atoms with E-state index in [9.17, 15) is 0 Å². The molecule has 1 aromatic carbocycles. The van der Waals surface area contributed by atoms with Crippen molar-refractivity contribution in [2.24, 2.45) is 5.73 Å². The summed E-state index contributed by atoms with van der Waals surface area (Å²) in [6.45, 7) is 5.98.